The van der Waals surface area contributed by atoms with Gasteiger partial charge in [0.2, 0.25) is 11.0 Å². The summed E-state index contributed by atoms with van der Waals surface area (Å²) in [6.07, 6.45) is 2.27. The van der Waals surface area contributed by atoms with Crippen molar-refractivity contribution in [2.75, 3.05) is 18.0 Å². The first-order valence-electron chi connectivity index (χ1n) is 9.54. The van der Waals surface area contributed by atoms with Gasteiger partial charge in [-0.25, -0.2) is 9.37 Å². The third-order valence-electron chi connectivity index (χ3n) is 5.24. The maximum absolute atomic E-state index is 13.0. The minimum absolute atomic E-state index is 0.0778. The lowest BCUT2D eigenvalue weighted by molar-refractivity contribution is -0.126. The quantitative estimate of drug-likeness (QED) is 0.818. The fourth-order valence-electron chi connectivity index (χ4n) is 3.07. The molecule has 1 aromatic carbocycles. The van der Waals surface area contributed by atoms with Gasteiger partial charge in [0, 0.05) is 43.0 Å². The standard InChI is InChI=1S/C20H27FN4OS/c1-13(2)14(3)22-19(26)16-8-10-25(11-9-16)20-23-18(24-27-20)12-15-4-6-17(21)7-5-15/h4-7,13-14,16H,8-12H2,1-3H3,(H,22,26)/t14-/m1/s1. The molecule has 1 aromatic heterocycles. The van der Waals surface area contributed by atoms with E-state index in [1.165, 1.54) is 23.7 Å². The topological polar surface area (TPSA) is 58.1 Å². The summed E-state index contributed by atoms with van der Waals surface area (Å²) in [6.45, 7) is 7.93. The molecule has 1 N–H and O–H groups in total. The van der Waals surface area contributed by atoms with Crippen molar-refractivity contribution in [3.05, 3.63) is 41.5 Å². The summed E-state index contributed by atoms with van der Waals surface area (Å²) in [6, 6.07) is 6.64. The predicted molar refractivity (Wildman–Crippen MR) is 106 cm³/mol. The Kier molecular flexibility index (Phi) is 6.42. The number of piperidine rings is 1. The molecule has 146 valence electrons. The van der Waals surface area contributed by atoms with Crippen LogP contribution in [0.2, 0.25) is 0 Å². The lowest BCUT2D eigenvalue weighted by Crippen LogP contribution is -2.44. The van der Waals surface area contributed by atoms with E-state index in [0.29, 0.717) is 12.3 Å². The average molecular weight is 391 g/mol. The number of benzene rings is 1. The van der Waals surface area contributed by atoms with E-state index in [2.05, 4.69) is 40.3 Å². The molecule has 0 unspecified atom stereocenters. The summed E-state index contributed by atoms with van der Waals surface area (Å²) in [5, 5.41) is 4.03. The summed E-state index contributed by atoms with van der Waals surface area (Å²) >= 11 is 1.39. The highest BCUT2D eigenvalue weighted by atomic mass is 32.1. The highest BCUT2D eigenvalue weighted by Crippen LogP contribution is 2.25. The van der Waals surface area contributed by atoms with Gasteiger partial charge >= 0.3 is 0 Å². The number of anilines is 1. The normalized spacial score (nSPS) is 16.6. The largest absolute Gasteiger partial charge is 0.353 e. The van der Waals surface area contributed by atoms with Gasteiger partial charge in [-0.05, 0) is 43.4 Å². The van der Waals surface area contributed by atoms with Gasteiger partial charge in [0.25, 0.3) is 0 Å². The number of carbonyl (C=O) groups excluding carboxylic acids is 1. The third-order valence-corrected chi connectivity index (χ3v) is 6.05. The zero-order chi connectivity index (χ0) is 19.4. The predicted octanol–water partition coefficient (Wildman–Crippen LogP) is 3.65. The molecular formula is C20H27FN4OS. The van der Waals surface area contributed by atoms with Crippen molar-refractivity contribution < 1.29 is 9.18 Å². The van der Waals surface area contributed by atoms with E-state index in [1.807, 2.05) is 0 Å². The first kappa shape index (κ1) is 19.7. The molecule has 1 aliphatic rings. The second-order valence-corrected chi connectivity index (χ2v) is 8.33. The average Bonchev–Trinajstić information content (AvgIpc) is 3.12. The van der Waals surface area contributed by atoms with E-state index in [9.17, 15) is 9.18 Å². The van der Waals surface area contributed by atoms with Crippen LogP contribution >= 0.6 is 11.5 Å². The van der Waals surface area contributed by atoms with Crippen LogP contribution in [0.4, 0.5) is 9.52 Å². The van der Waals surface area contributed by atoms with Crippen LogP contribution in [0.15, 0.2) is 24.3 Å². The van der Waals surface area contributed by atoms with Crippen molar-refractivity contribution in [1.29, 1.82) is 0 Å². The van der Waals surface area contributed by atoms with Gasteiger partial charge in [-0.1, -0.05) is 26.0 Å². The van der Waals surface area contributed by atoms with E-state index >= 15 is 0 Å². The molecule has 27 heavy (non-hydrogen) atoms. The van der Waals surface area contributed by atoms with Gasteiger partial charge in [0.05, 0.1) is 0 Å². The van der Waals surface area contributed by atoms with Crippen LogP contribution in [0.1, 0.15) is 45.0 Å². The maximum Gasteiger partial charge on any atom is 0.223 e. The number of amides is 1. The van der Waals surface area contributed by atoms with E-state index in [-0.39, 0.29) is 23.7 Å². The van der Waals surface area contributed by atoms with Crippen LogP contribution < -0.4 is 10.2 Å². The van der Waals surface area contributed by atoms with Gasteiger partial charge in [0.15, 0.2) is 0 Å². The summed E-state index contributed by atoms with van der Waals surface area (Å²) in [7, 11) is 0. The molecule has 1 saturated heterocycles. The molecule has 0 radical (unpaired) electrons. The van der Waals surface area contributed by atoms with E-state index in [1.54, 1.807) is 12.1 Å². The van der Waals surface area contributed by atoms with Gasteiger partial charge in [-0.15, -0.1) is 0 Å². The Morgan fingerprint density at radius 2 is 1.93 bits per heavy atom. The Bertz CT molecular complexity index is 754. The van der Waals surface area contributed by atoms with Crippen molar-refractivity contribution in [1.82, 2.24) is 14.7 Å². The van der Waals surface area contributed by atoms with Gasteiger partial charge in [-0.2, -0.15) is 4.37 Å². The van der Waals surface area contributed by atoms with E-state index < -0.39 is 0 Å². The Hall–Kier alpha value is -2.02. The molecule has 1 atom stereocenters. The number of hydrogen-bond donors (Lipinski definition) is 1. The van der Waals surface area contributed by atoms with Gasteiger partial charge < -0.3 is 10.2 Å². The van der Waals surface area contributed by atoms with Crippen LogP contribution in [0.5, 0.6) is 0 Å². The summed E-state index contributed by atoms with van der Waals surface area (Å²) in [4.78, 5) is 19.2. The van der Waals surface area contributed by atoms with Crippen molar-refractivity contribution in [2.45, 2.75) is 46.1 Å². The van der Waals surface area contributed by atoms with Crippen LogP contribution in [0, 0.1) is 17.7 Å². The second-order valence-electron chi connectivity index (χ2n) is 7.60. The molecule has 0 saturated carbocycles. The van der Waals surface area contributed by atoms with Crippen molar-refractivity contribution >= 4 is 22.6 Å². The molecule has 0 aliphatic carbocycles. The third kappa shape index (κ3) is 5.25. The second kappa shape index (κ2) is 8.78. The molecule has 3 rings (SSSR count). The fourth-order valence-corrected chi connectivity index (χ4v) is 3.81. The van der Waals surface area contributed by atoms with Gasteiger partial charge in [0.1, 0.15) is 11.6 Å². The number of nitrogens with one attached hydrogen (secondary N) is 1. The van der Waals surface area contributed by atoms with Crippen LogP contribution in [0.25, 0.3) is 0 Å². The van der Waals surface area contributed by atoms with Crippen LogP contribution in [-0.2, 0) is 11.2 Å². The number of halogens is 1. The fraction of sp³-hybridized carbons (Fsp3) is 0.550. The summed E-state index contributed by atoms with van der Waals surface area (Å²) in [5.74, 6) is 1.21. The highest BCUT2D eigenvalue weighted by molar-refractivity contribution is 7.09. The maximum atomic E-state index is 13.0. The minimum Gasteiger partial charge on any atom is -0.353 e. The molecule has 1 fully saturated rings. The monoisotopic (exact) mass is 390 g/mol. The Morgan fingerprint density at radius 3 is 2.56 bits per heavy atom. The Balaban J connectivity index is 1.52. The molecule has 2 aromatic rings. The lowest BCUT2D eigenvalue weighted by Gasteiger charge is -2.31. The molecule has 1 aliphatic heterocycles. The minimum atomic E-state index is -0.236. The number of carbonyl (C=O) groups is 1. The lowest BCUT2D eigenvalue weighted by atomic mass is 9.95. The van der Waals surface area contributed by atoms with Crippen molar-refractivity contribution in [2.24, 2.45) is 11.8 Å². The van der Waals surface area contributed by atoms with E-state index in [4.69, 9.17) is 0 Å². The van der Waals surface area contributed by atoms with Crippen LogP contribution in [0.3, 0.4) is 0 Å². The molecule has 1 amide bonds. The number of aromatic nitrogens is 2. The van der Waals surface area contributed by atoms with Crippen LogP contribution in [-0.4, -0.2) is 34.4 Å². The zero-order valence-corrected chi connectivity index (χ0v) is 16.9. The van der Waals surface area contributed by atoms with Gasteiger partial charge in [-0.3, -0.25) is 4.79 Å². The SMILES string of the molecule is CC(C)[C@@H](C)NC(=O)C1CCN(c2nc(Cc3ccc(F)cc3)ns2)CC1. The molecule has 0 bridgehead atoms. The summed E-state index contributed by atoms with van der Waals surface area (Å²) in [5.41, 5.74) is 0.996. The Labute approximate surface area is 164 Å². The zero-order valence-electron chi connectivity index (χ0n) is 16.1. The Morgan fingerprint density at radius 1 is 1.26 bits per heavy atom. The van der Waals surface area contributed by atoms with E-state index in [0.717, 1.165) is 42.5 Å². The smallest absolute Gasteiger partial charge is 0.223 e. The molecule has 2 heterocycles. The first-order valence-corrected chi connectivity index (χ1v) is 10.3. The number of rotatable bonds is 6. The van der Waals surface area contributed by atoms with Crippen molar-refractivity contribution in [3.8, 4) is 0 Å². The number of hydrogen-bond acceptors (Lipinski definition) is 5. The molecule has 7 heteroatoms. The molecule has 5 nitrogen and oxygen atoms in total. The number of nitrogens with zero attached hydrogens (tertiary/aromatic N) is 3. The first-order chi connectivity index (χ1) is 12.9. The summed E-state index contributed by atoms with van der Waals surface area (Å²) < 4.78 is 17.4. The highest BCUT2D eigenvalue weighted by Gasteiger charge is 2.27. The van der Waals surface area contributed by atoms with Crippen molar-refractivity contribution in [3.63, 3.8) is 0 Å². The molecular weight excluding hydrogens is 363 g/mol. The molecule has 0 spiro atoms.